The summed E-state index contributed by atoms with van der Waals surface area (Å²) < 4.78 is 1.53. The van der Waals surface area contributed by atoms with Crippen LogP contribution in [0.15, 0.2) is 12.3 Å². The molecule has 0 fully saturated rings. The number of amides is 2. The Morgan fingerprint density at radius 1 is 1.62 bits per heavy atom. The van der Waals surface area contributed by atoms with Crippen LogP contribution in [0.2, 0.25) is 0 Å². The quantitative estimate of drug-likeness (QED) is 0.343. The van der Waals surface area contributed by atoms with Gasteiger partial charge in [0, 0.05) is 13.2 Å². The molecule has 7 heteroatoms. The van der Waals surface area contributed by atoms with Crippen molar-refractivity contribution in [1.82, 2.24) is 20.5 Å². The summed E-state index contributed by atoms with van der Waals surface area (Å²) in [5.41, 5.74) is 2.39. The smallest absolute Gasteiger partial charge is 0.271 e. The van der Waals surface area contributed by atoms with Gasteiger partial charge in [0.2, 0.25) is 5.91 Å². The second-order valence-electron chi connectivity index (χ2n) is 3.41. The lowest BCUT2D eigenvalue weighted by atomic mass is 10.2. The van der Waals surface area contributed by atoms with Gasteiger partial charge in [0.1, 0.15) is 5.69 Å². The van der Waals surface area contributed by atoms with Crippen LogP contribution >= 0.6 is 0 Å². The number of nitrogens with one attached hydrogen (secondary N) is 2. The van der Waals surface area contributed by atoms with Crippen LogP contribution in [0.1, 0.15) is 17.4 Å². The molecule has 1 aromatic heterocycles. The molecule has 16 heavy (non-hydrogen) atoms. The van der Waals surface area contributed by atoms with Crippen molar-refractivity contribution >= 4 is 11.8 Å². The lowest BCUT2D eigenvalue weighted by Crippen LogP contribution is -2.36. The van der Waals surface area contributed by atoms with E-state index < -0.39 is 0 Å². The van der Waals surface area contributed by atoms with Gasteiger partial charge in [0.25, 0.3) is 5.91 Å². The first-order chi connectivity index (χ1) is 7.58. The molecule has 0 aliphatic carbocycles. The molecule has 0 aliphatic heterocycles. The van der Waals surface area contributed by atoms with Gasteiger partial charge >= 0.3 is 0 Å². The molecule has 0 saturated heterocycles. The highest BCUT2D eigenvalue weighted by molar-refractivity contribution is 5.91. The van der Waals surface area contributed by atoms with Gasteiger partial charge < -0.3 is 5.32 Å². The summed E-state index contributed by atoms with van der Waals surface area (Å²) in [6.45, 7) is 2.10. The fourth-order valence-corrected chi connectivity index (χ4v) is 1.22. The largest absolute Gasteiger partial charge is 0.354 e. The zero-order valence-corrected chi connectivity index (χ0v) is 9.23. The standard InChI is InChI=1S/C9H15N5O2/c1-6(8(15)12-10)5-14-4-3-7(13-14)9(16)11-2/h3-4,6H,5,10H2,1-2H3,(H,11,16)(H,12,15). The number of aromatic nitrogens is 2. The molecule has 1 aromatic rings. The molecule has 2 amide bonds. The molecule has 4 N–H and O–H groups in total. The number of carbonyl (C=O) groups is 2. The molecule has 0 aliphatic rings. The van der Waals surface area contributed by atoms with Crippen molar-refractivity contribution in [1.29, 1.82) is 0 Å². The van der Waals surface area contributed by atoms with Crippen molar-refractivity contribution in [3.05, 3.63) is 18.0 Å². The minimum absolute atomic E-state index is 0.255. The molecule has 1 atom stereocenters. The second kappa shape index (κ2) is 5.26. The molecule has 0 radical (unpaired) electrons. The topological polar surface area (TPSA) is 102 Å². The van der Waals surface area contributed by atoms with E-state index in [2.05, 4.69) is 15.8 Å². The maximum Gasteiger partial charge on any atom is 0.271 e. The van der Waals surface area contributed by atoms with E-state index in [-0.39, 0.29) is 17.7 Å². The van der Waals surface area contributed by atoms with Crippen molar-refractivity contribution in [2.24, 2.45) is 11.8 Å². The van der Waals surface area contributed by atoms with E-state index >= 15 is 0 Å². The van der Waals surface area contributed by atoms with Crippen molar-refractivity contribution in [3.8, 4) is 0 Å². The first kappa shape index (κ1) is 12.2. The third kappa shape index (κ3) is 2.80. The number of nitrogens with two attached hydrogens (primary N) is 1. The van der Waals surface area contributed by atoms with E-state index in [4.69, 9.17) is 5.84 Å². The molecule has 0 aromatic carbocycles. The van der Waals surface area contributed by atoms with E-state index in [0.29, 0.717) is 12.2 Å². The molecule has 0 spiro atoms. The maximum absolute atomic E-state index is 11.2. The summed E-state index contributed by atoms with van der Waals surface area (Å²) in [4.78, 5) is 22.4. The van der Waals surface area contributed by atoms with Gasteiger partial charge in [0.15, 0.2) is 0 Å². The van der Waals surface area contributed by atoms with Gasteiger partial charge in [-0.2, -0.15) is 5.10 Å². The summed E-state index contributed by atoms with van der Waals surface area (Å²) in [6, 6.07) is 1.59. The van der Waals surface area contributed by atoms with Crippen molar-refractivity contribution in [2.75, 3.05) is 7.05 Å². The Kier molecular flexibility index (Phi) is 4.01. The molecular formula is C9H15N5O2. The van der Waals surface area contributed by atoms with Gasteiger partial charge in [-0.15, -0.1) is 0 Å². The van der Waals surface area contributed by atoms with E-state index in [1.54, 1.807) is 19.2 Å². The minimum atomic E-state index is -0.303. The Bertz CT molecular complexity index is 387. The fraction of sp³-hybridized carbons (Fsp3) is 0.444. The predicted molar refractivity (Wildman–Crippen MR) is 57.1 cm³/mol. The van der Waals surface area contributed by atoms with E-state index in [1.165, 1.54) is 11.7 Å². The van der Waals surface area contributed by atoms with E-state index in [9.17, 15) is 9.59 Å². The van der Waals surface area contributed by atoms with Crippen LogP contribution in [0.5, 0.6) is 0 Å². The summed E-state index contributed by atoms with van der Waals surface area (Å²) in [6.07, 6.45) is 1.64. The average Bonchev–Trinajstić information content (AvgIpc) is 2.75. The van der Waals surface area contributed by atoms with Crippen LogP contribution in [-0.2, 0) is 11.3 Å². The minimum Gasteiger partial charge on any atom is -0.354 e. The van der Waals surface area contributed by atoms with Crippen LogP contribution in [0.4, 0.5) is 0 Å². The van der Waals surface area contributed by atoms with Crippen LogP contribution < -0.4 is 16.6 Å². The highest BCUT2D eigenvalue weighted by Gasteiger charge is 2.13. The van der Waals surface area contributed by atoms with Gasteiger partial charge in [-0.3, -0.25) is 19.7 Å². The van der Waals surface area contributed by atoms with E-state index in [1.807, 2.05) is 0 Å². The van der Waals surface area contributed by atoms with Gasteiger partial charge in [-0.05, 0) is 6.07 Å². The summed E-state index contributed by atoms with van der Waals surface area (Å²) >= 11 is 0. The Labute approximate surface area is 93.0 Å². The molecule has 1 rings (SSSR count). The normalized spacial score (nSPS) is 11.9. The number of carbonyl (C=O) groups excluding carboxylic acids is 2. The number of hydrogen-bond donors (Lipinski definition) is 3. The predicted octanol–water partition coefficient (Wildman–Crippen LogP) is -1.13. The zero-order chi connectivity index (χ0) is 12.1. The summed E-state index contributed by atoms with van der Waals surface area (Å²) in [5, 5.41) is 6.49. The second-order valence-corrected chi connectivity index (χ2v) is 3.41. The molecule has 0 bridgehead atoms. The third-order valence-electron chi connectivity index (χ3n) is 2.15. The third-order valence-corrected chi connectivity index (χ3v) is 2.15. The Hall–Kier alpha value is -1.89. The molecular weight excluding hydrogens is 210 g/mol. The average molecular weight is 225 g/mol. The number of rotatable bonds is 4. The molecule has 0 saturated carbocycles. The highest BCUT2D eigenvalue weighted by atomic mass is 16.2. The van der Waals surface area contributed by atoms with Crippen LogP contribution in [0.3, 0.4) is 0 Å². The molecule has 88 valence electrons. The van der Waals surface area contributed by atoms with Crippen LogP contribution in [-0.4, -0.2) is 28.6 Å². The molecule has 7 nitrogen and oxygen atoms in total. The molecule has 1 unspecified atom stereocenters. The van der Waals surface area contributed by atoms with Gasteiger partial charge in [-0.25, -0.2) is 5.84 Å². The van der Waals surface area contributed by atoms with Gasteiger partial charge in [0.05, 0.1) is 12.5 Å². The summed E-state index contributed by atoms with van der Waals surface area (Å²) in [5.74, 6) is 4.18. The van der Waals surface area contributed by atoms with Crippen LogP contribution in [0, 0.1) is 5.92 Å². The summed E-state index contributed by atoms with van der Waals surface area (Å²) in [7, 11) is 1.53. The number of hydrogen-bond acceptors (Lipinski definition) is 4. The monoisotopic (exact) mass is 225 g/mol. The van der Waals surface area contributed by atoms with Crippen molar-refractivity contribution < 1.29 is 9.59 Å². The van der Waals surface area contributed by atoms with Crippen LogP contribution in [0.25, 0.3) is 0 Å². The Morgan fingerprint density at radius 2 is 2.31 bits per heavy atom. The lowest BCUT2D eigenvalue weighted by Gasteiger charge is -2.09. The van der Waals surface area contributed by atoms with Crippen molar-refractivity contribution in [3.63, 3.8) is 0 Å². The fourth-order valence-electron chi connectivity index (χ4n) is 1.22. The zero-order valence-electron chi connectivity index (χ0n) is 9.23. The molecule has 1 heterocycles. The van der Waals surface area contributed by atoms with Gasteiger partial charge in [-0.1, -0.05) is 6.92 Å². The lowest BCUT2D eigenvalue weighted by molar-refractivity contribution is -0.125. The first-order valence-electron chi connectivity index (χ1n) is 4.84. The number of nitrogens with zero attached hydrogens (tertiary/aromatic N) is 2. The highest BCUT2D eigenvalue weighted by Crippen LogP contribution is 2.01. The Balaban J connectivity index is 2.65. The Morgan fingerprint density at radius 3 is 2.88 bits per heavy atom. The van der Waals surface area contributed by atoms with E-state index in [0.717, 1.165) is 0 Å². The SMILES string of the molecule is CNC(=O)c1ccn(CC(C)C(=O)NN)n1. The maximum atomic E-state index is 11.2. The van der Waals surface area contributed by atoms with Crippen molar-refractivity contribution in [2.45, 2.75) is 13.5 Å². The first-order valence-corrected chi connectivity index (χ1v) is 4.84. The number of hydrazine groups is 1.